The molecule has 0 radical (unpaired) electrons. The molecule has 1 fully saturated rings. The van der Waals surface area contributed by atoms with Crippen molar-refractivity contribution in [3.63, 3.8) is 0 Å². The minimum absolute atomic E-state index is 0.00221. The highest BCUT2D eigenvalue weighted by molar-refractivity contribution is 5.53. The third-order valence-corrected chi connectivity index (χ3v) is 3.46. The lowest BCUT2D eigenvalue weighted by atomic mass is 10.2. The average Bonchev–Trinajstić information content (AvgIpc) is 2.93. The summed E-state index contributed by atoms with van der Waals surface area (Å²) in [5.41, 5.74) is 0.354. The third-order valence-electron chi connectivity index (χ3n) is 3.46. The van der Waals surface area contributed by atoms with E-state index in [-0.39, 0.29) is 12.4 Å². The Morgan fingerprint density at radius 2 is 2.00 bits per heavy atom. The molecule has 2 heterocycles. The van der Waals surface area contributed by atoms with Gasteiger partial charge in [0.1, 0.15) is 18.8 Å². The van der Waals surface area contributed by atoms with E-state index in [1.807, 2.05) is 4.90 Å². The Balaban J connectivity index is 1.78. The Hall–Kier alpha value is -2.22. The standard InChI is InChI=1S/C14H17F2N5O/c1-20-9-18-14(19-20)8-22-13-7-12(10(15)6-11(13)16)21-4-2-17-3-5-21/h6-7,9,17H,2-5,8H2,1H3. The molecule has 0 amide bonds. The minimum Gasteiger partial charge on any atom is -0.482 e. The van der Waals surface area contributed by atoms with E-state index in [0.717, 1.165) is 19.2 Å². The van der Waals surface area contributed by atoms with Crippen molar-refractivity contribution in [3.05, 3.63) is 35.9 Å². The second kappa shape index (κ2) is 6.27. The summed E-state index contributed by atoms with van der Waals surface area (Å²) in [5.74, 6) is -0.868. The van der Waals surface area contributed by atoms with Gasteiger partial charge in [0.25, 0.3) is 0 Å². The van der Waals surface area contributed by atoms with Crippen LogP contribution in [0.1, 0.15) is 5.82 Å². The molecule has 8 heteroatoms. The predicted molar refractivity (Wildman–Crippen MR) is 76.8 cm³/mol. The fourth-order valence-corrected chi connectivity index (χ4v) is 2.37. The van der Waals surface area contributed by atoms with Crippen molar-refractivity contribution in [1.29, 1.82) is 0 Å². The van der Waals surface area contributed by atoms with Gasteiger partial charge in [0.05, 0.1) is 5.69 Å². The van der Waals surface area contributed by atoms with Gasteiger partial charge >= 0.3 is 0 Å². The number of aryl methyl sites for hydroxylation is 1. The van der Waals surface area contributed by atoms with Crippen molar-refractivity contribution in [1.82, 2.24) is 20.1 Å². The molecule has 0 bridgehead atoms. The van der Waals surface area contributed by atoms with Crippen LogP contribution < -0.4 is 15.0 Å². The molecule has 6 nitrogen and oxygen atoms in total. The monoisotopic (exact) mass is 309 g/mol. The Labute approximate surface area is 126 Å². The maximum Gasteiger partial charge on any atom is 0.188 e. The van der Waals surface area contributed by atoms with E-state index in [0.29, 0.717) is 24.6 Å². The van der Waals surface area contributed by atoms with Crippen LogP contribution in [-0.4, -0.2) is 40.9 Å². The molecule has 3 rings (SSSR count). The molecule has 2 aromatic rings. The highest BCUT2D eigenvalue weighted by Crippen LogP contribution is 2.28. The summed E-state index contributed by atoms with van der Waals surface area (Å²) in [5, 5.41) is 7.24. The van der Waals surface area contributed by atoms with Gasteiger partial charge in [-0.05, 0) is 0 Å². The molecule has 22 heavy (non-hydrogen) atoms. The van der Waals surface area contributed by atoms with E-state index in [1.54, 1.807) is 7.05 Å². The fraction of sp³-hybridized carbons (Fsp3) is 0.429. The maximum absolute atomic E-state index is 14.0. The highest BCUT2D eigenvalue weighted by Gasteiger charge is 2.18. The van der Waals surface area contributed by atoms with Gasteiger partial charge < -0.3 is 15.0 Å². The van der Waals surface area contributed by atoms with Gasteiger partial charge in [-0.1, -0.05) is 0 Å². The molecule has 0 unspecified atom stereocenters. The molecule has 0 atom stereocenters. The number of nitrogens with zero attached hydrogens (tertiary/aromatic N) is 4. The van der Waals surface area contributed by atoms with Gasteiger partial charge in [0.15, 0.2) is 17.4 Å². The lowest BCUT2D eigenvalue weighted by Crippen LogP contribution is -2.43. The van der Waals surface area contributed by atoms with Crippen molar-refractivity contribution in [3.8, 4) is 5.75 Å². The predicted octanol–water partition coefficient (Wildman–Crippen LogP) is 1.08. The first-order valence-electron chi connectivity index (χ1n) is 7.05. The summed E-state index contributed by atoms with van der Waals surface area (Å²) in [7, 11) is 1.73. The molecule has 0 aliphatic carbocycles. The molecule has 0 spiro atoms. The summed E-state index contributed by atoms with van der Waals surface area (Å²) in [6, 6.07) is 2.26. The molecule has 118 valence electrons. The van der Waals surface area contributed by atoms with E-state index in [4.69, 9.17) is 4.74 Å². The first-order valence-corrected chi connectivity index (χ1v) is 7.05. The fourth-order valence-electron chi connectivity index (χ4n) is 2.37. The number of anilines is 1. The summed E-state index contributed by atoms with van der Waals surface area (Å²) >= 11 is 0. The summed E-state index contributed by atoms with van der Waals surface area (Å²) in [6.07, 6.45) is 1.53. The van der Waals surface area contributed by atoms with Gasteiger partial charge in [-0.2, -0.15) is 5.10 Å². The van der Waals surface area contributed by atoms with Crippen molar-refractivity contribution in [2.45, 2.75) is 6.61 Å². The SMILES string of the molecule is Cn1cnc(COc2cc(N3CCNCC3)c(F)cc2F)n1. The number of rotatable bonds is 4. The van der Waals surface area contributed by atoms with Gasteiger partial charge in [-0.15, -0.1) is 0 Å². The van der Waals surface area contributed by atoms with Crippen LogP contribution in [0.15, 0.2) is 18.5 Å². The second-order valence-electron chi connectivity index (χ2n) is 5.09. The molecule has 1 N–H and O–H groups in total. The summed E-state index contributed by atoms with van der Waals surface area (Å²) in [4.78, 5) is 5.87. The normalized spacial score (nSPS) is 15.1. The van der Waals surface area contributed by atoms with Crippen LogP contribution >= 0.6 is 0 Å². The number of hydrogen-bond acceptors (Lipinski definition) is 5. The molecule has 1 aliphatic heterocycles. The molecule has 1 aromatic heterocycles. The smallest absolute Gasteiger partial charge is 0.188 e. The number of hydrogen-bond donors (Lipinski definition) is 1. The van der Waals surface area contributed by atoms with Crippen molar-refractivity contribution in [2.75, 3.05) is 31.1 Å². The van der Waals surface area contributed by atoms with Crippen LogP contribution in [0, 0.1) is 11.6 Å². The molecule has 1 aliphatic rings. The number of aromatic nitrogens is 3. The number of piperazine rings is 1. The van der Waals surface area contributed by atoms with Crippen LogP contribution in [0.5, 0.6) is 5.75 Å². The summed E-state index contributed by atoms with van der Waals surface area (Å²) < 4.78 is 34.8. The Morgan fingerprint density at radius 1 is 1.23 bits per heavy atom. The lowest BCUT2D eigenvalue weighted by Gasteiger charge is -2.30. The van der Waals surface area contributed by atoms with E-state index >= 15 is 0 Å². The summed E-state index contributed by atoms with van der Waals surface area (Å²) in [6.45, 7) is 2.91. The first kappa shape index (κ1) is 14.7. The largest absolute Gasteiger partial charge is 0.482 e. The zero-order valence-corrected chi connectivity index (χ0v) is 12.2. The topological polar surface area (TPSA) is 55.2 Å². The zero-order chi connectivity index (χ0) is 15.5. The van der Waals surface area contributed by atoms with E-state index in [2.05, 4.69) is 15.4 Å². The maximum atomic E-state index is 14.0. The third kappa shape index (κ3) is 3.16. The Morgan fingerprint density at radius 3 is 2.68 bits per heavy atom. The lowest BCUT2D eigenvalue weighted by molar-refractivity contribution is 0.280. The number of halogens is 2. The number of benzene rings is 1. The van der Waals surface area contributed by atoms with Crippen molar-refractivity contribution in [2.24, 2.45) is 7.05 Å². The first-order chi connectivity index (χ1) is 10.6. The number of ether oxygens (including phenoxy) is 1. The van der Waals surface area contributed by atoms with Crippen LogP contribution in [0.4, 0.5) is 14.5 Å². The van der Waals surface area contributed by atoms with Gasteiger partial charge in [-0.25, -0.2) is 13.8 Å². The van der Waals surface area contributed by atoms with E-state index in [1.165, 1.54) is 17.1 Å². The van der Waals surface area contributed by atoms with E-state index < -0.39 is 11.6 Å². The van der Waals surface area contributed by atoms with Crippen LogP contribution in [-0.2, 0) is 13.7 Å². The van der Waals surface area contributed by atoms with Crippen LogP contribution in [0.2, 0.25) is 0 Å². The molecule has 0 saturated carbocycles. The molecule has 1 aromatic carbocycles. The van der Waals surface area contributed by atoms with Gasteiger partial charge in [-0.3, -0.25) is 4.68 Å². The van der Waals surface area contributed by atoms with Crippen LogP contribution in [0.25, 0.3) is 0 Å². The van der Waals surface area contributed by atoms with Crippen molar-refractivity contribution >= 4 is 5.69 Å². The molecular weight excluding hydrogens is 292 g/mol. The van der Waals surface area contributed by atoms with Gasteiger partial charge in [0, 0.05) is 45.4 Å². The molecular formula is C14H17F2N5O. The number of nitrogens with one attached hydrogen (secondary N) is 1. The second-order valence-corrected chi connectivity index (χ2v) is 5.09. The quantitative estimate of drug-likeness (QED) is 0.916. The van der Waals surface area contributed by atoms with Gasteiger partial charge in [0.2, 0.25) is 0 Å². The Bertz CT molecular complexity index is 655. The van der Waals surface area contributed by atoms with Crippen molar-refractivity contribution < 1.29 is 13.5 Å². The molecule has 1 saturated heterocycles. The average molecular weight is 309 g/mol. The van der Waals surface area contributed by atoms with E-state index in [9.17, 15) is 8.78 Å². The minimum atomic E-state index is -0.729. The zero-order valence-electron chi connectivity index (χ0n) is 12.2. The van der Waals surface area contributed by atoms with Crippen LogP contribution in [0.3, 0.4) is 0 Å². The Kier molecular flexibility index (Phi) is 4.19. The highest BCUT2D eigenvalue weighted by atomic mass is 19.1.